The van der Waals surface area contributed by atoms with E-state index in [1.807, 2.05) is 30.3 Å². The third-order valence-electron chi connectivity index (χ3n) is 1.19. The number of hydrogen-bond acceptors (Lipinski definition) is 2. The summed E-state index contributed by atoms with van der Waals surface area (Å²) in [5.41, 5.74) is 5.52. The van der Waals surface area contributed by atoms with Gasteiger partial charge in [0.25, 0.3) is 0 Å². The molecule has 0 amide bonds. The van der Waals surface area contributed by atoms with Gasteiger partial charge in [0.15, 0.2) is 5.17 Å². The van der Waals surface area contributed by atoms with E-state index in [2.05, 4.69) is 4.99 Å². The maximum atomic E-state index is 5.52. The molecule has 0 aliphatic carbocycles. The largest absolute Gasteiger partial charge is 0.378 e. The van der Waals surface area contributed by atoms with Crippen LogP contribution in [0.5, 0.6) is 0 Å². The summed E-state index contributed by atoms with van der Waals surface area (Å²) in [5, 5.41) is 0.594. The van der Waals surface area contributed by atoms with Crippen LogP contribution in [0.1, 0.15) is 0 Å². The average Bonchev–Trinajstić information content (AvgIpc) is 2.06. The first-order chi connectivity index (χ1) is 5.33. The number of amidine groups is 1. The molecule has 0 aromatic heterocycles. The lowest BCUT2D eigenvalue weighted by Crippen LogP contribution is -2.04. The maximum absolute atomic E-state index is 5.52. The number of aliphatic imine (C=N–C) groups is 1. The second kappa shape index (κ2) is 4.03. The van der Waals surface area contributed by atoms with Gasteiger partial charge in [-0.15, -0.1) is 0 Å². The first-order valence-corrected chi connectivity index (χ1v) is 4.09. The molecule has 58 valence electrons. The normalized spacial score (nSPS) is 11.5. The van der Waals surface area contributed by atoms with Gasteiger partial charge in [0.1, 0.15) is 0 Å². The summed E-state index contributed by atoms with van der Waals surface area (Å²) in [7, 11) is 1.69. The molecule has 0 radical (unpaired) electrons. The molecule has 2 nitrogen and oxygen atoms in total. The van der Waals surface area contributed by atoms with Gasteiger partial charge >= 0.3 is 0 Å². The predicted octanol–water partition coefficient (Wildman–Crippen LogP) is 1.72. The molecule has 0 heterocycles. The predicted molar refractivity (Wildman–Crippen MR) is 49.8 cm³/mol. The van der Waals surface area contributed by atoms with Crippen LogP contribution in [0.2, 0.25) is 0 Å². The smallest absolute Gasteiger partial charge is 0.158 e. The molecule has 3 heteroatoms. The Labute approximate surface area is 70.5 Å². The Balaban J connectivity index is 2.65. The van der Waals surface area contributed by atoms with E-state index in [4.69, 9.17) is 5.73 Å². The monoisotopic (exact) mass is 166 g/mol. The number of nitrogens with two attached hydrogens (primary N) is 1. The second-order valence-corrected chi connectivity index (χ2v) is 3.07. The van der Waals surface area contributed by atoms with Crippen LogP contribution >= 0.6 is 11.8 Å². The highest BCUT2D eigenvalue weighted by Crippen LogP contribution is 2.15. The third-order valence-corrected chi connectivity index (χ3v) is 2.09. The lowest BCUT2D eigenvalue weighted by atomic mass is 10.4. The first kappa shape index (κ1) is 8.14. The van der Waals surface area contributed by atoms with Crippen LogP contribution in [0.4, 0.5) is 0 Å². The molecule has 0 saturated carbocycles. The van der Waals surface area contributed by atoms with Gasteiger partial charge in [0.05, 0.1) is 0 Å². The van der Waals surface area contributed by atoms with Crippen LogP contribution in [0, 0.1) is 0 Å². The van der Waals surface area contributed by atoms with E-state index >= 15 is 0 Å². The molecule has 0 saturated heterocycles. The molecular formula is C8H10N2S. The lowest BCUT2D eigenvalue weighted by molar-refractivity contribution is 1.43. The quantitative estimate of drug-likeness (QED) is 0.392. The first-order valence-electron chi connectivity index (χ1n) is 3.28. The molecule has 2 N–H and O–H groups in total. The Morgan fingerprint density at radius 1 is 1.36 bits per heavy atom. The molecule has 0 aliphatic heterocycles. The van der Waals surface area contributed by atoms with Crippen LogP contribution in [0.3, 0.4) is 0 Å². The van der Waals surface area contributed by atoms with Crippen LogP contribution in [-0.2, 0) is 0 Å². The fourth-order valence-electron chi connectivity index (χ4n) is 0.655. The summed E-state index contributed by atoms with van der Waals surface area (Å²) in [6.07, 6.45) is 0. The van der Waals surface area contributed by atoms with Crippen molar-refractivity contribution < 1.29 is 0 Å². The van der Waals surface area contributed by atoms with Crippen LogP contribution in [-0.4, -0.2) is 12.2 Å². The zero-order chi connectivity index (χ0) is 8.10. The number of rotatable bonds is 1. The Morgan fingerprint density at radius 3 is 2.55 bits per heavy atom. The Morgan fingerprint density at radius 2 is 2.00 bits per heavy atom. The summed E-state index contributed by atoms with van der Waals surface area (Å²) in [6, 6.07) is 9.94. The van der Waals surface area contributed by atoms with Crippen LogP contribution < -0.4 is 5.73 Å². The van der Waals surface area contributed by atoms with E-state index in [1.54, 1.807) is 7.05 Å². The summed E-state index contributed by atoms with van der Waals surface area (Å²) in [6.45, 7) is 0. The van der Waals surface area contributed by atoms with Crippen molar-refractivity contribution in [1.82, 2.24) is 0 Å². The van der Waals surface area contributed by atoms with Gasteiger partial charge in [-0.1, -0.05) is 30.0 Å². The average molecular weight is 166 g/mol. The Bertz CT molecular complexity index is 244. The summed E-state index contributed by atoms with van der Waals surface area (Å²) >= 11 is 1.47. The molecule has 0 atom stereocenters. The molecule has 0 unspecified atom stereocenters. The van der Waals surface area contributed by atoms with Gasteiger partial charge < -0.3 is 5.73 Å². The number of hydrogen-bond donors (Lipinski definition) is 1. The highest BCUT2D eigenvalue weighted by molar-refractivity contribution is 8.13. The second-order valence-electron chi connectivity index (χ2n) is 1.98. The van der Waals surface area contributed by atoms with Crippen molar-refractivity contribution >= 4 is 16.9 Å². The van der Waals surface area contributed by atoms with E-state index in [-0.39, 0.29) is 0 Å². The molecule has 1 aromatic rings. The minimum atomic E-state index is 0.594. The summed E-state index contributed by atoms with van der Waals surface area (Å²) in [5.74, 6) is 0. The molecule has 0 bridgehead atoms. The minimum absolute atomic E-state index is 0.594. The number of benzene rings is 1. The highest BCUT2D eigenvalue weighted by atomic mass is 32.2. The topological polar surface area (TPSA) is 38.4 Å². The molecule has 11 heavy (non-hydrogen) atoms. The SMILES string of the molecule is CN=C(N)Sc1ccccc1. The van der Waals surface area contributed by atoms with Crippen LogP contribution in [0.15, 0.2) is 40.2 Å². The van der Waals surface area contributed by atoms with E-state index in [0.717, 1.165) is 4.90 Å². The van der Waals surface area contributed by atoms with E-state index in [1.165, 1.54) is 11.8 Å². The summed E-state index contributed by atoms with van der Waals surface area (Å²) < 4.78 is 0. The van der Waals surface area contributed by atoms with E-state index in [9.17, 15) is 0 Å². The van der Waals surface area contributed by atoms with Crippen LogP contribution in [0.25, 0.3) is 0 Å². The molecule has 1 rings (SSSR count). The zero-order valence-corrected chi connectivity index (χ0v) is 7.14. The third kappa shape index (κ3) is 2.63. The van der Waals surface area contributed by atoms with Gasteiger partial charge in [-0.05, 0) is 12.1 Å². The summed E-state index contributed by atoms with van der Waals surface area (Å²) in [4.78, 5) is 4.96. The van der Waals surface area contributed by atoms with Gasteiger partial charge in [0.2, 0.25) is 0 Å². The van der Waals surface area contributed by atoms with Gasteiger partial charge in [0, 0.05) is 11.9 Å². The Hall–Kier alpha value is -0.960. The van der Waals surface area contributed by atoms with Crippen molar-refractivity contribution in [2.45, 2.75) is 4.90 Å². The van der Waals surface area contributed by atoms with Crippen molar-refractivity contribution in [2.24, 2.45) is 10.7 Å². The molecule has 0 aliphatic rings. The highest BCUT2D eigenvalue weighted by Gasteiger charge is 1.93. The molecule has 1 aromatic carbocycles. The van der Waals surface area contributed by atoms with Gasteiger partial charge in [-0.2, -0.15) is 0 Å². The van der Waals surface area contributed by atoms with E-state index < -0.39 is 0 Å². The van der Waals surface area contributed by atoms with Crippen molar-refractivity contribution in [3.63, 3.8) is 0 Å². The fraction of sp³-hybridized carbons (Fsp3) is 0.125. The minimum Gasteiger partial charge on any atom is -0.378 e. The maximum Gasteiger partial charge on any atom is 0.158 e. The lowest BCUT2D eigenvalue weighted by Gasteiger charge is -1.97. The molecule has 0 fully saturated rings. The fourth-order valence-corrected chi connectivity index (χ4v) is 1.28. The molecule has 0 spiro atoms. The Kier molecular flexibility index (Phi) is 2.98. The molecular weight excluding hydrogens is 156 g/mol. The van der Waals surface area contributed by atoms with Crippen molar-refractivity contribution in [2.75, 3.05) is 7.05 Å². The van der Waals surface area contributed by atoms with E-state index in [0.29, 0.717) is 5.17 Å². The van der Waals surface area contributed by atoms with Crippen molar-refractivity contribution in [3.05, 3.63) is 30.3 Å². The van der Waals surface area contributed by atoms with Gasteiger partial charge in [-0.25, -0.2) is 0 Å². The van der Waals surface area contributed by atoms with Crippen molar-refractivity contribution in [1.29, 1.82) is 0 Å². The number of thioether (sulfide) groups is 1. The number of nitrogens with zero attached hydrogens (tertiary/aromatic N) is 1. The standard InChI is InChI=1S/C8H10N2S/c1-10-8(9)11-7-5-3-2-4-6-7/h2-6H,1H3,(H2,9,10). The zero-order valence-electron chi connectivity index (χ0n) is 6.32. The van der Waals surface area contributed by atoms with Gasteiger partial charge in [-0.3, -0.25) is 4.99 Å². The van der Waals surface area contributed by atoms with Crippen molar-refractivity contribution in [3.8, 4) is 0 Å².